The number of para-hydroxylation sites is 1. The Morgan fingerprint density at radius 3 is 2.61 bits per heavy atom. The summed E-state index contributed by atoms with van der Waals surface area (Å²) in [6, 6.07) is 10.0. The first kappa shape index (κ1) is 12.8. The van der Waals surface area contributed by atoms with Crippen molar-refractivity contribution in [2.75, 3.05) is 16.9 Å². The molecule has 2 rings (SSSR count). The molecule has 0 bridgehead atoms. The fourth-order valence-corrected chi connectivity index (χ4v) is 2.25. The normalized spacial score (nSPS) is 10.2. The van der Waals surface area contributed by atoms with Crippen LogP contribution in [0.2, 0.25) is 0 Å². The second-order valence-corrected chi connectivity index (χ2v) is 4.38. The van der Waals surface area contributed by atoms with Crippen LogP contribution in [0.4, 0.5) is 17.3 Å². The van der Waals surface area contributed by atoms with Gasteiger partial charge in [-0.15, -0.1) is 0 Å². The number of benzene rings is 1. The second kappa shape index (κ2) is 5.79. The number of hydrazine groups is 1. The average molecular weight is 308 g/mol. The Labute approximate surface area is 114 Å². The van der Waals surface area contributed by atoms with E-state index in [-0.39, 0.29) is 0 Å². The Morgan fingerprint density at radius 1 is 1.28 bits per heavy atom. The zero-order valence-corrected chi connectivity index (χ0v) is 11.6. The van der Waals surface area contributed by atoms with Crippen LogP contribution in [0, 0.1) is 0 Å². The summed E-state index contributed by atoms with van der Waals surface area (Å²) in [4.78, 5) is 10.4. The van der Waals surface area contributed by atoms with E-state index in [1.54, 1.807) is 0 Å². The number of anilines is 3. The molecule has 5 nitrogen and oxygen atoms in total. The van der Waals surface area contributed by atoms with E-state index >= 15 is 0 Å². The average Bonchev–Trinajstić information content (AvgIpc) is 2.43. The van der Waals surface area contributed by atoms with E-state index in [0.29, 0.717) is 5.82 Å². The molecule has 6 heteroatoms. The molecular weight excluding hydrogens is 294 g/mol. The van der Waals surface area contributed by atoms with Crippen molar-refractivity contribution in [1.82, 2.24) is 9.97 Å². The minimum Gasteiger partial charge on any atom is -0.326 e. The minimum atomic E-state index is 0.564. The Morgan fingerprint density at radius 2 is 2.00 bits per heavy atom. The van der Waals surface area contributed by atoms with Gasteiger partial charge >= 0.3 is 0 Å². The van der Waals surface area contributed by atoms with Gasteiger partial charge in [-0.1, -0.05) is 18.2 Å². The summed E-state index contributed by atoms with van der Waals surface area (Å²) >= 11 is 3.47. The van der Waals surface area contributed by atoms with Crippen LogP contribution in [0.15, 0.2) is 41.1 Å². The first-order chi connectivity index (χ1) is 8.77. The van der Waals surface area contributed by atoms with Crippen LogP contribution in [0.5, 0.6) is 0 Å². The van der Waals surface area contributed by atoms with Crippen molar-refractivity contribution < 1.29 is 0 Å². The minimum absolute atomic E-state index is 0.564. The maximum absolute atomic E-state index is 5.41. The van der Waals surface area contributed by atoms with Crippen LogP contribution < -0.4 is 16.2 Å². The predicted octanol–water partition coefficient (Wildman–Crippen LogP) is 2.68. The lowest BCUT2D eigenvalue weighted by Gasteiger charge is -2.23. The molecule has 0 spiro atoms. The third-order valence-corrected chi connectivity index (χ3v) is 3.28. The van der Waals surface area contributed by atoms with Crippen LogP contribution >= 0.6 is 15.9 Å². The zero-order chi connectivity index (χ0) is 13.0. The van der Waals surface area contributed by atoms with Crippen molar-refractivity contribution in [3.8, 4) is 0 Å². The number of rotatable bonds is 4. The quantitative estimate of drug-likeness (QED) is 0.671. The lowest BCUT2D eigenvalue weighted by atomic mass is 10.3. The summed E-state index contributed by atoms with van der Waals surface area (Å²) in [5, 5.41) is 0. The van der Waals surface area contributed by atoms with Crippen molar-refractivity contribution in [2.45, 2.75) is 6.92 Å². The first-order valence-electron chi connectivity index (χ1n) is 5.57. The predicted molar refractivity (Wildman–Crippen MR) is 76.7 cm³/mol. The first-order valence-corrected chi connectivity index (χ1v) is 6.37. The van der Waals surface area contributed by atoms with Crippen LogP contribution in [-0.4, -0.2) is 16.5 Å². The van der Waals surface area contributed by atoms with E-state index in [4.69, 9.17) is 5.84 Å². The number of nitrogens with two attached hydrogens (primary N) is 1. The summed E-state index contributed by atoms with van der Waals surface area (Å²) < 4.78 is 0.748. The van der Waals surface area contributed by atoms with E-state index in [0.717, 1.165) is 22.5 Å². The molecule has 3 N–H and O–H groups in total. The number of halogens is 1. The van der Waals surface area contributed by atoms with Gasteiger partial charge in [0.2, 0.25) is 0 Å². The van der Waals surface area contributed by atoms with Gasteiger partial charge in [-0.3, -0.25) is 0 Å². The maximum Gasteiger partial charge on any atom is 0.159 e. The molecule has 0 saturated carbocycles. The van der Waals surface area contributed by atoms with Gasteiger partial charge < -0.3 is 10.3 Å². The summed E-state index contributed by atoms with van der Waals surface area (Å²) in [5.74, 6) is 6.76. The number of nitrogens with zero attached hydrogens (tertiary/aromatic N) is 3. The van der Waals surface area contributed by atoms with Crippen molar-refractivity contribution in [2.24, 2.45) is 5.84 Å². The lowest BCUT2D eigenvalue weighted by Crippen LogP contribution is -2.19. The van der Waals surface area contributed by atoms with Crippen molar-refractivity contribution in [1.29, 1.82) is 0 Å². The van der Waals surface area contributed by atoms with Crippen LogP contribution in [0.3, 0.4) is 0 Å². The zero-order valence-electron chi connectivity index (χ0n) is 9.97. The lowest BCUT2D eigenvalue weighted by molar-refractivity contribution is 0.968. The second-order valence-electron chi connectivity index (χ2n) is 3.58. The van der Waals surface area contributed by atoms with Gasteiger partial charge in [0.05, 0.1) is 0 Å². The Balaban J connectivity index is 2.46. The van der Waals surface area contributed by atoms with E-state index in [9.17, 15) is 0 Å². The van der Waals surface area contributed by atoms with E-state index in [1.807, 2.05) is 30.3 Å². The molecule has 0 fully saturated rings. The van der Waals surface area contributed by atoms with E-state index < -0.39 is 0 Å². The molecule has 0 aliphatic rings. The highest BCUT2D eigenvalue weighted by Gasteiger charge is 2.15. The third-order valence-electron chi connectivity index (χ3n) is 2.55. The number of hydrogen-bond donors (Lipinski definition) is 2. The number of hydrogen-bond acceptors (Lipinski definition) is 5. The number of nitrogen functional groups attached to an aromatic ring is 1. The molecule has 0 unspecified atom stereocenters. The van der Waals surface area contributed by atoms with Gasteiger partial charge in [-0.2, -0.15) is 0 Å². The maximum atomic E-state index is 5.41. The molecule has 1 aromatic carbocycles. The van der Waals surface area contributed by atoms with Crippen molar-refractivity contribution >= 4 is 33.3 Å². The molecule has 2 aromatic rings. The molecule has 18 heavy (non-hydrogen) atoms. The summed E-state index contributed by atoms with van der Waals surface area (Å²) in [6.45, 7) is 2.86. The third kappa shape index (κ3) is 2.44. The molecule has 1 aromatic heterocycles. The van der Waals surface area contributed by atoms with Crippen molar-refractivity contribution in [3.63, 3.8) is 0 Å². The molecular formula is C12H14BrN5. The molecule has 94 valence electrons. The van der Waals surface area contributed by atoms with Gasteiger partial charge in [-0.25, -0.2) is 15.8 Å². The van der Waals surface area contributed by atoms with Crippen LogP contribution in [0.25, 0.3) is 0 Å². The van der Waals surface area contributed by atoms with Crippen molar-refractivity contribution in [3.05, 3.63) is 41.1 Å². The van der Waals surface area contributed by atoms with Crippen LogP contribution in [-0.2, 0) is 0 Å². The van der Waals surface area contributed by atoms with Gasteiger partial charge in [0.25, 0.3) is 0 Å². The summed E-state index contributed by atoms with van der Waals surface area (Å²) in [6.07, 6.45) is 1.49. The van der Waals surface area contributed by atoms with E-state index in [1.165, 1.54) is 6.33 Å². The standard InChI is InChI=1S/C12H14BrN5/c1-2-18(9-6-4-3-5-7-9)12-10(13)11(17-14)15-8-16-12/h3-8H,2,14H2,1H3,(H,15,16,17). The molecule has 0 aliphatic heterocycles. The van der Waals surface area contributed by atoms with Gasteiger partial charge in [0.1, 0.15) is 10.8 Å². The van der Waals surface area contributed by atoms with E-state index in [2.05, 4.69) is 43.1 Å². The molecule has 0 amide bonds. The Bertz CT molecular complexity index is 517. The number of aromatic nitrogens is 2. The highest BCUT2D eigenvalue weighted by atomic mass is 79.9. The fourth-order valence-electron chi connectivity index (χ4n) is 1.71. The molecule has 0 aliphatic carbocycles. The Kier molecular flexibility index (Phi) is 4.11. The number of nitrogens with one attached hydrogen (secondary N) is 1. The van der Waals surface area contributed by atoms with Crippen LogP contribution in [0.1, 0.15) is 6.92 Å². The van der Waals surface area contributed by atoms with Gasteiger partial charge in [0, 0.05) is 12.2 Å². The Hall–Kier alpha value is -1.66. The molecule has 1 heterocycles. The monoisotopic (exact) mass is 307 g/mol. The smallest absolute Gasteiger partial charge is 0.159 e. The summed E-state index contributed by atoms with van der Waals surface area (Å²) in [7, 11) is 0. The highest BCUT2D eigenvalue weighted by Crippen LogP contribution is 2.33. The highest BCUT2D eigenvalue weighted by molar-refractivity contribution is 9.10. The molecule has 0 saturated heterocycles. The molecule has 0 atom stereocenters. The molecule has 0 radical (unpaired) electrons. The largest absolute Gasteiger partial charge is 0.326 e. The summed E-state index contributed by atoms with van der Waals surface area (Å²) in [5.41, 5.74) is 3.61. The van der Waals surface area contributed by atoms with Gasteiger partial charge in [-0.05, 0) is 35.0 Å². The van der Waals surface area contributed by atoms with Gasteiger partial charge in [0.15, 0.2) is 11.6 Å². The topological polar surface area (TPSA) is 67.1 Å². The SMILES string of the molecule is CCN(c1ccccc1)c1ncnc(NN)c1Br. The fraction of sp³-hybridized carbons (Fsp3) is 0.167.